The number of aromatic nitrogens is 1. The number of nitrogens with zero attached hydrogens (tertiary/aromatic N) is 2. The van der Waals surface area contributed by atoms with Crippen LogP contribution < -0.4 is 0 Å². The number of hydrogen-bond acceptors (Lipinski definition) is 4. The maximum atomic E-state index is 12.1. The molecular formula is C33H28N2O2S. The first-order chi connectivity index (χ1) is 18.5. The molecule has 2 N–H and O–H groups in total. The smallest absolute Gasteiger partial charge is 0.207 e. The van der Waals surface area contributed by atoms with Crippen LogP contribution in [0.5, 0.6) is 11.8 Å². The van der Waals surface area contributed by atoms with Crippen LogP contribution in [0.25, 0.3) is 21.7 Å². The van der Waals surface area contributed by atoms with E-state index in [1.165, 1.54) is 52.0 Å². The van der Waals surface area contributed by atoms with Crippen LogP contribution in [0.2, 0.25) is 0 Å². The summed E-state index contributed by atoms with van der Waals surface area (Å²) >= 11 is 1.85. The summed E-state index contributed by atoms with van der Waals surface area (Å²) in [4.78, 5) is 2.53. The van der Waals surface area contributed by atoms with Crippen LogP contribution in [0, 0.1) is 35.0 Å². The van der Waals surface area contributed by atoms with E-state index in [1.54, 1.807) is 18.2 Å². The van der Waals surface area contributed by atoms with Crippen LogP contribution in [-0.2, 0) is 5.41 Å². The number of rotatable bonds is 2. The summed E-state index contributed by atoms with van der Waals surface area (Å²) in [7, 11) is 0. The second kappa shape index (κ2) is 7.65. The Morgan fingerprint density at radius 3 is 2.29 bits per heavy atom. The molecule has 4 aromatic rings. The zero-order valence-electron chi connectivity index (χ0n) is 21.0. The topological polar surface area (TPSA) is 69.2 Å². The molecule has 4 saturated carbocycles. The van der Waals surface area contributed by atoms with Crippen molar-refractivity contribution >= 4 is 16.9 Å². The summed E-state index contributed by atoms with van der Waals surface area (Å²) < 4.78 is 1.54. The average molecular weight is 517 g/mol. The van der Waals surface area contributed by atoms with E-state index >= 15 is 0 Å². The molecule has 5 aliphatic carbocycles. The van der Waals surface area contributed by atoms with E-state index in [-0.39, 0.29) is 17.2 Å². The van der Waals surface area contributed by atoms with Crippen LogP contribution in [0.1, 0.15) is 59.2 Å². The third-order valence-corrected chi connectivity index (χ3v) is 11.3. The molecule has 0 saturated heterocycles. The van der Waals surface area contributed by atoms with Crippen LogP contribution in [0.3, 0.4) is 0 Å². The molecule has 188 valence electrons. The second-order valence-electron chi connectivity index (χ2n) is 11.8. The van der Waals surface area contributed by atoms with Gasteiger partial charge in [-0.15, -0.1) is 11.3 Å². The van der Waals surface area contributed by atoms with Crippen molar-refractivity contribution in [2.24, 2.45) is 23.7 Å². The summed E-state index contributed by atoms with van der Waals surface area (Å²) in [5.41, 5.74) is 5.37. The van der Waals surface area contributed by atoms with Crippen molar-refractivity contribution in [2.45, 2.75) is 37.5 Å². The molecule has 0 radical (unpaired) electrons. The lowest BCUT2D eigenvalue weighted by atomic mass is 9.42. The summed E-state index contributed by atoms with van der Waals surface area (Å²) in [6, 6.07) is 22.0. The Bertz CT molecular complexity index is 1660. The Labute approximate surface area is 226 Å². The van der Waals surface area contributed by atoms with Crippen molar-refractivity contribution in [1.29, 1.82) is 5.26 Å². The van der Waals surface area contributed by atoms with E-state index < -0.39 is 0 Å². The Morgan fingerprint density at radius 1 is 0.895 bits per heavy atom. The standard InChI is InChI=1S/C33H28N2O2S/c1-18-26-16-27(22-7-3-2-4-8-22)38-30(26)33(23-11-20-10-21(13-23)14-24(33)12-20)29-28(18)31(36)35(32(29)37)25-9-5-6-19(15-25)17-34/h2-9,15-16,20-21,23-24,36-37H,1,10-14H2. The maximum Gasteiger partial charge on any atom is 0.207 e. The highest BCUT2D eigenvalue weighted by atomic mass is 32.1. The molecule has 9 rings (SSSR count). The molecule has 2 heterocycles. The number of benzene rings is 2. The van der Waals surface area contributed by atoms with Gasteiger partial charge in [-0.1, -0.05) is 43.0 Å². The molecule has 0 unspecified atom stereocenters. The molecule has 38 heavy (non-hydrogen) atoms. The molecule has 0 amide bonds. The van der Waals surface area contributed by atoms with Gasteiger partial charge in [-0.3, -0.25) is 4.57 Å². The SMILES string of the molecule is C=C1c2cc(-c3ccccc3)sc2C2(c3c1c(O)n(-c1cccc(C#N)c1)c3O)C1CC3CC(C1)CC2C3. The van der Waals surface area contributed by atoms with Crippen molar-refractivity contribution in [3.05, 3.63) is 94.4 Å². The molecule has 4 fully saturated rings. The van der Waals surface area contributed by atoms with Crippen LogP contribution in [-0.4, -0.2) is 14.8 Å². The average Bonchev–Trinajstić information content (AvgIpc) is 3.49. The molecule has 2 aromatic carbocycles. The molecule has 5 heteroatoms. The monoisotopic (exact) mass is 516 g/mol. The molecule has 4 bridgehead atoms. The first kappa shape index (κ1) is 22.3. The van der Waals surface area contributed by atoms with Gasteiger partial charge in [0.2, 0.25) is 11.8 Å². The van der Waals surface area contributed by atoms with Gasteiger partial charge in [0.25, 0.3) is 0 Å². The Balaban J connectivity index is 1.43. The molecule has 2 aromatic heterocycles. The highest BCUT2D eigenvalue weighted by Crippen LogP contribution is 2.71. The Morgan fingerprint density at radius 2 is 1.61 bits per heavy atom. The minimum atomic E-state index is -0.337. The fourth-order valence-corrected chi connectivity index (χ4v) is 10.4. The molecular weight excluding hydrogens is 488 g/mol. The van der Waals surface area contributed by atoms with E-state index in [0.29, 0.717) is 28.7 Å². The summed E-state index contributed by atoms with van der Waals surface area (Å²) in [6.07, 6.45) is 6.03. The lowest BCUT2D eigenvalue weighted by Gasteiger charge is -2.62. The van der Waals surface area contributed by atoms with Gasteiger partial charge < -0.3 is 10.2 Å². The van der Waals surface area contributed by atoms with E-state index in [2.05, 4.69) is 43.0 Å². The highest BCUT2D eigenvalue weighted by molar-refractivity contribution is 7.16. The van der Waals surface area contributed by atoms with Crippen molar-refractivity contribution in [3.8, 4) is 34.0 Å². The minimum absolute atomic E-state index is 0.0175. The van der Waals surface area contributed by atoms with Crippen molar-refractivity contribution in [2.75, 3.05) is 0 Å². The predicted octanol–water partition coefficient (Wildman–Crippen LogP) is 7.61. The van der Waals surface area contributed by atoms with Crippen LogP contribution in [0.15, 0.2) is 67.2 Å². The van der Waals surface area contributed by atoms with Gasteiger partial charge in [0, 0.05) is 20.7 Å². The van der Waals surface area contributed by atoms with Gasteiger partial charge in [-0.25, -0.2) is 0 Å². The van der Waals surface area contributed by atoms with Gasteiger partial charge in [-0.2, -0.15) is 5.26 Å². The first-order valence-electron chi connectivity index (χ1n) is 13.6. The second-order valence-corrected chi connectivity index (χ2v) is 12.8. The lowest BCUT2D eigenvalue weighted by molar-refractivity contribution is -0.0417. The quantitative estimate of drug-likeness (QED) is 0.288. The van der Waals surface area contributed by atoms with Crippen LogP contribution >= 0.6 is 11.3 Å². The zero-order valence-corrected chi connectivity index (χ0v) is 21.8. The van der Waals surface area contributed by atoms with Gasteiger partial charge in [0.05, 0.1) is 22.9 Å². The zero-order chi connectivity index (χ0) is 25.8. The van der Waals surface area contributed by atoms with E-state index in [9.17, 15) is 15.5 Å². The number of aromatic hydroxyl groups is 2. The molecule has 1 spiro atoms. The highest BCUT2D eigenvalue weighted by Gasteiger charge is 2.63. The van der Waals surface area contributed by atoms with Gasteiger partial charge in [0.15, 0.2) is 0 Å². The van der Waals surface area contributed by atoms with E-state index in [4.69, 9.17) is 0 Å². The lowest BCUT2D eigenvalue weighted by Crippen LogP contribution is -2.56. The fourth-order valence-electron chi connectivity index (χ4n) is 8.81. The maximum absolute atomic E-state index is 12.1. The summed E-state index contributed by atoms with van der Waals surface area (Å²) in [6.45, 7) is 4.51. The molecule has 4 nitrogen and oxygen atoms in total. The number of thiophene rings is 1. The number of hydrogen-bond donors (Lipinski definition) is 2. The van der Waals surface area contributed by atoms with Gasteiger partial charge in [0.1, 0.15) is 0 Å². The van der Waals surface area contributed by atoms with E-state index in [1.807, 2.05) is 23.5 Å². The minimum Gasteiger partial charge on any atom is -0.494 e. The van der Waals surface area contributed by atoms with Crippen molar-refractivity contribution in [3.63, 3.8) is 0 Å². The summed E-state index contributed by atoms with van der Waals surface area (Å²) in [5, 5.41) is 33.4. The fraction of sp³-hybridized carbons (Fsp3) is 0.303. The third-order valence-electron chi connectivity index (χ3n) is 9.99. The van der Waals surface area contributed by atoms with Gasteiger partial charge in [-0.05, 0) is 96.7 Å². The Kier molecular flexibility index (Phi) is 4.48. The van der Waals surface area contributed by atoms with Crippen LogP contribution in [0.4, 0.5) is 0 Å². The molecule has 5 aliphatic rings. The first-order valence-corrected chi connectivity index (χ1v) is 14.4. The third kappa shape index (κ3) is 2.69. The van der Waals surface area contributed by atoms with Crippen molar-refractivity contribution < 1.29 is 10.2 Å². The molecule has 0 aliphatic heterocycles. The molecule has 0 atom stereocenters. The Hall–Kier alpha value is -3.75. The largest absolute Gasteiger partial charge is 0.494 e. The van der Waals surface area contributed by atoms with Crippen molar-refractivity contribution in [1.82, 2.24) is 4.57 Å². The van der Waals surface area contributed by atoms with Gasteiger partial charge >= 0.3 is 0 Å². The summed E-state index contributed by atoms with van der Waals surface area (Å²) in [5.74, 6) is 2.50. The van der Waals surface area contributed by atoms with E-state index in [0.717, 1.165) is 28.5 Å². The normalized spacial score (nSPS) is 28.3. The predicted molar refractivity (Wildman–Crippen MR) is 150 cm³/mol. The number of fused-ring (bicyclic) bond motifs is 2. The number of nitriles is 1.